The van der Waals surface area contributed by atoms with Gasteiger partial charge in [-0.1, -0.05) is 19.3 Å². The molecule has 5 heteroatoms. The van der Waals surface area contributed by atoms with Crippen LogP contribution in [0.15, 0.2) is 23.1 Å². The molecule has 0 bridgehead atoms. The molecule has 0 spiro atoms. The van der Waals surface area contributed by atoms with Crippen LogP contribution >= 0.6 is 11.9 Å². The number of aliphatic hydroxyl groups is 1. The summed E-state index contributed by atoms with van der Waals surface area (Å²) in [6, 6.07) is 7.53. The van der Waals surface area contributed by atoms with Gasteiger partial charge in [0.15, 0.2) is 0 Å². The van der Waals surface area contributed by atoms with Gasteiger partial charge in [0, 0.05) is 45.2 Å². The minimum atomic E-state index is 0.699. The molecule has 0 unspecified atom stereocenters. The van der Waals surface area contributed by atoms with Crippen LogP contribution in [-0.2, 0) is 0 Å². The van der Waals surface area contributed by atoms with Crippen LogP contribution < -0.4 is 14.5 Å². The van der Waals surface area contributed by atoms with Crippen LogP contribution in [0.4, 0.5) is 11.4 Å². The maximum atomic E-state index is 7.00. The monoisotopic (exact) mass is 323 g/mol. The number of rotatable bonds is 3. The Hall–Kier alpha value is -0.910. The van der Waals surface area contributed by atoms with E-state index in [9.17, 15) is 0 Å². The molecule has 0 radical (unpaired) electrons. The smallest absolute Gasteiger partial charge is 0.0613 e. The van der Waals surface area contributed by atoms with Crippen LogP contribution in [0.3, 0.4) is 0 Å². The molecule has 0 amide bonds. The van der Waals surface area contributed by atoms with E-state index >= 15 is 0 Å². The van der Waals surface area contributed by atoms with Crippen LogP contribution in [-0.4, -0.2) is 45.4 Å². The lowest BCUT2D eigenvalue weighted by molar-refractivity contribution is 0.399. The summed E-state index contributed by atoms with van der Waals surface area (Å²) in [5, 5.41) is 7.00. The van der Waals surface area contributed by atoms with Gasteiger partial charge in [-0.3, -0.25) is 4.72 Å². The highest BCUT2D eigenvalue weighted by atomic mass is 32.2. The fourth-order valence-corrected chi connectivity index (χ4v) is 3.95. The number of hydrogen-bond donors (Lipinski definition) is 2. The SMILES string of the molecule is CN1CCN(C)c2cc(SNC3CCCCC3)ccc21.CO. The van der Waals surface area contributed by atoms with Crippen molar-refractivity contribution in [2.24, 2.45) is 0 Å². The number of fused-ring (bicyclic) bond motifs is 1. The Kier molecular flexibility index (Phi) is 6.86. The molecule has 1 aliphatic heterocycles. The van der Waals surface area contributed by atoms with Crippen molar-refractivity contribution < 1.29 is 5.11 Å². The molecule has 1 aliphatic carbocycles. The first-order valence-corrected chi connectivity index (χ1v) is 8.99. The molecule has 22 heavy (non-hydrogen) atoms. The van der Waals surface area contributed by atoms with Gasteiger partial charge >= 0.3 is 0 Å². The van der Waals surface area contributed by atoms with E-state index in [0.717, 1.165) is 20.2 Å². The van der Waals surface area contributed by atoms with E-state index in [1.54, 1.807) is 0 Å². The second kappa shape index (κ2) is 8.65. The van der Waals surface area contributed by atoms with Crippen molar-refractivity contribution in [3.8, 4) is 0 Å². The quantitative estimate of drug-likeness (QED) is 0.836. The third kappa shape index (κ3) is 4.31. The van der Waals surface area contributed by atoms with Gasteiger partial charge in [0.2, 0.25) is 0 Å². The van der Waals surface area contributed by atoms with Gasteiger partial charge in [-0.15, -0.1) is 0 Å². The van der Waals surface area contributed by atoms with Crippen LogP contribution in [0.1, 0.15) is 32.1 Å². The highest BCUT2D eigenvalue weighted by molar-refractivity contribution is 7.97. The Morgan fingerprint density at radius 2 is 1.64 bits per heavy atom. The van der Waals surface area contributed by atoms with Crippen LogP contribution in [0.25, 0.3) is 0 Å². The Morgan fingerprint density at radius 3 is 2.32 bits per heavy atom. The van der Waals surface area contributed by atoms with Gasteiger partial charge in [-0.25, -0.2) is 0 Å². The van der Waals surface area contributed by atoms with E-state index in [2.05, 4.69) is 46.8 Å². The Morgan fingerprint density at radius 1 is 1.00 bits per heavy atom. The predicted molar refractivity (Wildman–Crippen MR) is 97.0 cm³/mol. The lowest BCUT2D eigenvalue weighted by Crippen LogP contribution is -2.36. The van der Waals surface area contributed by atoms with Gasteiger partial charge in [-0.2, -0.15) is 0 Å². The molecule has 1 heterocycles. The molecule has 1 aromatic rings. The predicted octanol–water partition coefficient (Wildman–Crippen LogP) is 3.11. The first-order valence-electron chi connectivity index (χ1n) is 8.17. The number of hydrogen-bond acceptors (Lipinski definition) is 5. The molecule has 1 fully saturated rings. The summed E-state index contributed by atoms with van der Waals surface area (Å²) in [7, 11) is 5.37. The summed E-state index contributed by atoms with van der Waals surface area (Å²) in [4.78, 5) is 6.04. The fourth-order valence-electron chi connectivity index (χ4n) is 3.11. The van der Waals surface area contributed by atoms with Crippen molar-refractivity contribution in [2.75, 3.05) is 44.1 Å². The molecule has 0 saturated heterocycles. The Labute approximate surface area is 139 Å². The van der Waals surface area contributed by atoms with E-state index in [1.165, 1.54) is 48.4 Å². The first kappa shape index (κ1) is 17.4. The average molecular weight is 324 g/mol. The molecule has 1 saturated carbocycles. The van der Waals surface area contributed by atoms with Crippen LogP contribution in [0.2, 0.25) is 0 Å². The molecular weight excluding hydrogens is 294 g/mol. The molecule has 1 aromatic carbocycles. The van der Waals surface area contributed by atoms with Crippen LogP contribution in [0.5, 0.6) is 0 Å². The summed E-state index contributed by atoms with van der Waals surface area (Å²) in [6.07, 6.45) is 6.85. The highest BCUT2D eigenvalue weighted by Crippen LogP contribution is 2.34. The van der Waals surface area contributed by atoms with E-state index < -0.39 is 0 Å². The lowest BCUT2D eigenvalue weighted by Gasteiger charge is -2.35. The van der Waals surface area contributed by atoms with E-state index in [0.29, 0.717) is 6.04 Å². The molecule has 4 nitrogen and oxygen atoms in total. The van der Waals surface area contributed by atoms with E-state index in [4.69, 9.17) is 5.11 Å². The summed E-state index contributed by atoms with van der Waals surface area (Å²) in [5.41, 5.74) is 2.70. The van der Waals surface area contributed by atoms with Crippen molar-refractivity contribution in [3.05, 3.63) is 18.2 Å². The molecule has 0 atom stereocenters. The molecule has 3 rings (SSSR count). The van der Waals surface area contributed by atoms with Crippen molar-refractivity contribution in [1.82, 2.24) is 4.72 Å². The second-order valence-corrected chi connectivity index (χ2v) is 6.96. The highest BCUT2D eigenvalue weighted by Gasteiger charge is 2.18. The zero-order valence-corrected chi connectivity index (χ0v) is 14.8. The zero-order chi connectivity index (χ0) is 15.9. The zero-order valence-electron chi connectivity index (χ0n) is 14.0. The maximum Gasteiger partial charge on any atom is 0.0613 e. The van der Waals surface area contributed by atoms with Gasteiger partial charge in [0.1, 0.15) is 0 Å². The van der Waals surface area contributed by atoms with Gasteiger partial charge in [0.05, 0.1) is 11.4 Å². The third-order valence-corrected chi connectivity index (χ3v) is 5.43. The van der Waals surface area contributed by atoms with Crippen molar-refractivity contribution in [2.45, 2.75) is 43.0 Å². The Balaban J connectivity index is 0.000000847. The summed E-state index contributed by atoms with van der Waals surface area (Å²) in [5.74, 6) is 0. The standard InChI is InChI=1S/C16H25N3S.CH4O/c1-18-10-11-19(2)16-12-14(8-9-15(16)18)20-17-13-6-4-3-5-7-13;1-2/h8-9,12-13,17H,3-7,10-11H2,1-2H3;2H,1H3. The molecule has 0 aromatic heterocycles. The van der Waals surface area contributed by atoms with Crippen molar-refractivity contribution in [3.63, 3.8) is 0 Å². The Bertz CT molecular complexity index is 463. The number of benzene rings is 1. The first-order chi connectivity index (χ1) is 10.7. The number of aliphatic hydroxyl groups excluding tert-OH is 1. The van der Waals surface area contributed by atoms with Gasteiger partial charge in [-0.05, 0) is 43.0 Å². The number of nitrogens with zero attached hydrogens (tertiary/aromatic N) is 2. The number of likely N-dealkylation sites (N-methyl/N-ethyl adjacent to an activating group) is 2. The van der Waals surface area contributed by atoms with Crippen molar-refractivity contribution in [1.29, 1.82) is 0 Å². The largest absolute Gasteiger partial charge is 0.400 e. The normalized spacial score (nSPS) is 18.5. The van der Waals surface area contributed by atoms with Gasteiger partial charge in [0.25, 0.3) is 0 Å². The number of anilines is 2. The van der Waals surface area contributed by atoms with Crippen molar-refractivity contribution >= 4 is 23.3 Å². The molecule has 124 valence electrons. The summed E-state index contributed by atoms with van der Waals surface area (Å²) in [6.45, 7) is 2.21. The second-order valence-electron chi connectivity index (χ2n) is 6.05. The lowest BCUT2D eigenvalue weighted by atomic mass is 9.96. The fraction of sp³-hybridized carbons (Fsp3) is 0.647. The summed E-state index contributed by atoms with van der Waals surface area (Å²) >= 11 is 1.81. The minimum Gasteiger partial charge on any atom is -0.400 e. The third-order valence-electron chi connectivity index (χ3n) is 4.49. The average Bonchev–Trinajstić information content (AvgIpc) is 2.59. The number of nitrogens with one attached hydrogen (secondary N) is 1. The van der Waals surface area contributed by atoms with E-state index in [1.807, 2.05) is 11.9 Å². The van der Waals surface area contributed by atoms with Gasteiger partial charge < -0.3 is 14.9 Å². The summed E-state index contributed by atoms with van der Waals surface area (Å²) < 4.78 is 3.66. The van der Waals surface area contributed by atoms with Crippen LogP contribution in [0, 0.1) is 0 Å². The minimum absolute atomic E-state index is 0.699. The van der Waals surface area contributed by atoms with E-state index in [-0.39, 0.29) is 0 Å². The maximum absolute atomic E-state index is 7.00. The molecule has 2 N–H and O–H groups in total. The topological polar surface area (TPSA) is 38.7 Å². The molecule has 2 aliphatic rings. The molecular formula is C17H29N3OS.